The van der Waals surface area contributed by atoms with Crippen LogP contribution in [0.3, 0.4) is 0 Å². The Bertz CT molecular complexity index is 1150. The molecule has 0 unspecified atom stereocenters. The van der Waals surface area contributed by atoms with Crippen molar-refractivity contribution in [2.24, 2.45) is 0 Å². The second kappa shape index (κ2) is 12.3. The maximum absolute atomic E-state index is 13.2. The molecule has 3 aromatic rings. The first-order chi connectivity index (χ1) is 16.8. The number of hydrogen-bond donors (Lipinski definition) is 3. The minimum atomic E-state index is -4.53. The Balaban J connectivity index is 1.91. The van der Waals surface area contributed by atoms with Gasteiger partial charge >= 0.3 is 13.6 Å². The van der Waals surface area contributed by atoms with Crippen LogP contribution in [0.25, 0.3) is 11.1 Å². The lowest BCUT2D eigenvalue weighted by Gasteiger charge is -2.33. The summed E-state index contributed by atoms with van der Waals surface area (Å²) in [6.45, 7) is 1.51. The molecule has 0 saturated carbocycles. The zero-order valence-electron chi connectivity index (χ0n) is 19.4. The molecule has 0 aliphatic heterocycles. The Morgan fingerprint density at radius 3 is 2.06 bits per heavy atom. The number of nitrogens with zero attached hydrogens (tertiary/aromatic N) is 1. The zero-order chi connectivity index (χ0) is 25.3. The average molecular weight is 497 g/mol. The third-order valence-electron chi connectivity index (χ3n) is 5.31. The number of carbonyl (C=O) groups is 2. The number of para-hydroxylation sites is 1. The summed E-state index contributed by atoms with van der Waals surface area (Å²) in [5.74, 6) is -1.13. The van der Waals surface area contributed by atoms with Gasteiger partial charge in [0.25, 0.3) is 0 Å². The molecule has 0 bridgehead atoms. The molecule has 0 saturated heterocycles. The predicted molar refractivity (Wildman–Crippen MR) is 135 cm³/mol. The molecule has 35 heavy (non-hydrogen) atoms. The minimum Gasteiger partial charge on any atom is -0.465 e. The van der Waals surface area contributed by atoms with E-state index in [4.69, 9.17) is 4.74 Å². The van der Waals surface area contributed by atoms with Crippen LogP contribution in [0, 0.1) is 0 Å². The lowest BCUT2D eigenvalue weighted by molar-refractivity contribution is -0.143. The average Bonchev–Trinajstić information content (AvgIpc) is 2.86. The number of anilines is 1. The minimum absolute atomic E-state index is 0.165. The summed E-state index contributed by atoms with van der Waals surface area (Å²) in [6, 6.07) is 25.1. The molecule has 0 radical (unpaired) electrons. The number of hydrogen-bond acceptors (Lipinski definition) is 5. The van der Waals surface area contributed by atoms with Gasteiger partial charge in [0.05, 0.1) is 6.61 Å². The maximum atomic E-state index is 13.2. The molecule has 1 atom stereocenters. The largest absolute Gasteiger partial charge is 0.465 e. The second-order valence-corrected chi connectivity index (χ2v) is 9.53. The van der Waals surface area contributed by atoms with E-state index in [-0.39, 0.29) is 19.6 Å². The molecular weight excluding hydrogens is 467 g/mol. The lowest BCUT2D eigenvalue weighted by atomic mass is 9.99. The van der Waals surface area contributed by atoms with Gasteiger partial charge < -0.3 is 24.7 Å². The Morgan fingerprint density at radius 1 is 0.914 bits per heavy atom. The molecule has 8 nitrogen and oxygen atoms in total. The van der Waals surface area contributed by atoms with Crippen LogP contribution in [0.2, 0.25) is 0 Å². The maximum Gasteiger partial charge on any atom is 0.344 e. The fraction of sp³-hybridized carbons (Fsp3) is 0.231. The first-order valence-electron chi connectivity index (χ1n) is 11.2. The van der Waals surface area contributed by atoms with E-state index in [0.29, 0.717) is 5.69 Å². The lowest BCUT2D eigenvalue weighted by Crippen LogP contribution is -2.50. The summed E-state index contributed by atoms with van der Waals surface area (Å²) in [7, 11) is -4.53. The van der Waals surface area contributed by atoms with Crippen LogP contribution in [0.4, 0.5) is 5.69 Å². The number of nitrogens with one attached hydrogen (secondary N) is 1. The Kier molecular flexibility index (Phi) is 9.20. The molecule has 3 N–H and O–H groups in total. The van der Waals surface area contributed by atoms with Crippen molar-refractivity contribution in [2.75, 3.05) is 24.3 Å². The molecule has 0 aromatic heterocycles. The molecule has 1 amide bonds. The van der Waals surface area contributed by atoms with Crippen LogP contribution >= 0.6 is 7.60 Å². The Hall–Kier alpha value is -3.45. The number of ether oxygens (including phenoxy) is 1. The molecule has 0 aliphatic rings. The van der Waals surface area contributed by atoms with Gasteiger partial charge in [0.2, 0.25) is 5.91 Å². The molecular formula is C26H29N2O6P. The standard InChI is InChI=1S/C26H29N2O6P/c1-2-34-25(29)18-27-26(30)24(28(19-35(31,32)33)23-11-7-4-8-12-23)17-20-13-15-22(16-14-20)21-9-5-3-6-10-21/h3-16,24H,2,17-19H2,1H3,(H,27,30)(H2,31,32,33)/t24-/m0/s1. The van der Waals surface area contributed by atoms with Crippen LogP contribution in [-0.4, -0.2) is 47.1 Å². The van der Waals surface area contributed by atoms with Crippen molar-refractivity contribution >= 4 is 25.2 Å². The van der Waals surface area contributed by atoms with E-state index in [1.165, 1.54) is 4.90 Å². The van der Waals surface area contributed by atoms with Crippen LogP contribution in [0.5, 0.6) is 0 Å². The summed E-state index contributed by atoms with van der Waals surface area (Å²) in [4.78, 5) is 45.9. The van der Waals surface area contributed by atoms with Gasteiger partial charge in [-0.15, -0.1) is 0 Å². The number of esters is 1. The smallest absolute Gasteiger partial charge is 0.344 e. The Labute approximate surface area is 204 Å². The van der Waals surface area contributed by atoms with E-state index in [1.807, 2.05) is 54.6 Å². The fourth-order valence-corrected chi connectivity index (χ4v) is 4.46. The molecule has 3 aromatic carbocycles. The van der Waals surface area contributed by atoms with E-state index in [0.717, 1.165) is 16.7 Å². The summed E-state index contributed by atoms with van der Waals surface area (Å²) >= 11 is 0. The van der Waals surface area contributed by atoms with Gasteiger partial charge in [-0.25, -0.2) is 0 Å². The van der Waals surface area contributed by atoms with Crippen molar-refractivity contribution < 1.29 is 28.7 Å². The van der Waals surface area contributed by atoms with Crippen molar-refractivity contribution in [3.63, 3.8) is 0 Å². The van der Waals surface area contributed by atoms with Gasteiger partial charge in [-0.3, -0.25) is 14.2 Å². The number of carbonyl (C=O) groups excluding carboxylic acids is 2. The SMILES string of the molecule is CCOC(=O)CNC(=O)[C@H](Cc1ccc(-c2ccccc2)cc1)N(CP(=O)(O)O)c1ccccc1. The highest BCUT2D eigenvalue weighted by Crippen LogP contribution is 2.38. The van der Waals surface area contributed by atoms with Crippen molar-refractivity contribution in [3.8, 4) is 11.1 Å². The highest BCUT2D eigenvalue weighted by molar-refractivity contribution is 7.51. The van der Waals surface area contributed by atoms with E-state index >= 15 is 0 Å². The number of rotatable bonds is 11. The molecule has 3 rings (SSSR count). The van der Waals surface area contributed by atoms with E-state index in [9.17, 15) is 23.9 Å². The van der Waals surface area contributed by atoms with Crippen LogP contribution in [-0.2, 0) is 25.3 Å². The summed E-state index contributed by atoms with van der Waals surface area (Å²) in [5.41, 5.74) is 3.34. The summed E-state index contributed by atoms with van der Waals surface area (Å²) in [6.07, 6.45) is -0.491. The summed E-state index contributed by atoms with van der Waals surface area (Å²) in [5, 5.41) is 2.55. The van der Waals surface area contributed by atoms with Gasteiger partial charge in [0.1, 0.15) is 18.9 Å². The summed E-state index contributed by atoms with van der Waals surface area (Å²) < 4.78 is 16.9. The van der Waals surface area contributed by atoms with Crippen LogP contribution in [0.1, 0.15) is 12.5 Å². The van der Waals surface area contributed by atoms with Crippen LogP contribution < -0.4 is 10.2 Å². The van der Waals surface area contributed by atoms with E-state index < -0.39 is 31.8 Å². The second-order valence-electron chi connectivity index (χ2n) is 7.92. The van der Waals surface area contributed by atoms with Crippen molar-refractivity contribution in [1.82, 2.24) is 5.32 Å². The monoisotopic (exact) mass is 496 g/mol. The first-order valence-corrected chi connectivity index (χ1v) is 13.0. The van der Waals surface area contributed by atoms with Crippen molar-refractivity contribution in [3.05, 3.63) is 90.5 Å². The highest BCUT2D eigenvalue weighted by Gasteiger charge is 2.31. The van der Waals surface area contributed by atoms with Crippen molar-refractivity contribution in [1.29, 1.82) is 0 Å². The fourth-order valence-electron chi connectivity index (χ4n) is 3.70. The molecule has 0 fully saturated rings. The van der Waals surface area contributed by atoms with Gasteiger partial charge in [-0.05, 0) is 35.7 Å². The molecule has 0 spiro atoms. The van der Waals surface area contributed by atoms with Crippen molar-refractivity contribution in [2.45, 2.75) is 19.4 Å². The number of amides is 1. The van der Waals surface area contributed by atoms with Gasteiger partial charge in [0.15, 0.2) is 0 Å². The third kappa shape index (κ3) is 8.07. The highest BCUT2D eigenvalue weighted by atomic mass is 31.2. The van der Waals surface area contributed by atoms with Gasteiger partial charge in [0, 0.05) is 12.1 Å². The van der Waals surface area contributed by atoms with Gasteiger partial charge in [-0.1, -0.05) is 72.8 Å². The number of benzene rings is 3. The quantitative estimate of drug-likeness (QED) is 0.274. The van der Waals surface area contributed by atoms with Gasteiger partial charge in [-0.2, -0.15) is 0 Å². The zero-order valence-corrected chi connectivity index (χ0v) is 20.3. The molecule has 0 heterocycles. The predicted octanol–water partition coefficient (Wildman–Crippen LogP) is 3.59. The third-order valence-corrected chi connectivity index (χ3v) is 5.98. The van der Waals surface area contributed by atoms with E-state index in [1.54, 1.807) is 37.3 Å². The van der Waals surface area contributed by atoms with E-state index in [2.05, 4.69) is 5.32 Å². The molecule has 0 aliphatic carbocycles. The molecule has 184 valence electrons. The van der Waals surface area contributed by atoms with Crippen LogP contribution in [0.15, 0.2) is 84.9 Å². The molecule has 9 heteroatoms. The Morgan fingerprint density at radius 2 is 1.49 bits per heavy atom. The first kappa shape index (κ1) is 26.2. The topological polar surface area (TPSA) is 116 Å². The normalized spacial score (nSPS) is 12.0.